The van der Waals surface area contributed by atoms with Crippen LogP contribution in [0.15, 0.2) is 0 Å². The van der Waals surface area contributed by atoms with Gasteiger partial charge in [-0.25, -0.2) is 9.59 Å². The molecule has 2 heterocycles. The predicted octanol–water partition coefficient (Wildman–Crippen LogP) is 0.836. The molecule has 3 unspecified atom stereocenters. The van der Waals surface area contributed by atoms with Crippen molar-refractivity contribution in [1.29, 1.82) is 0 Å². The SMILES string of the molecule is CC1OC(=O)OC1C1(C)COC(=O)O1. The molecule has 2 aliphatic rings. The van der Waals surface area contributed by atoms with Crippen LogP contribution in [0.5, 0.6) is 0 Å². The Morgan fingerprint density at radius 3 is 2.43 bits per heavy atom. The molecule has 3 atom stereocenters. The minimum Gasteiger partial charge on any atom is -0.430 e. The molecule has 78 valence electrons. The lowest BCUT2D eigenvalue weighted by molar-refractivity contribution is -0.0403. The lowest BCUT2D eigenvalue weighted by Gasteiger charge is -2.25. The van der Waals surface area contributed by atoms with E-state index in [0.717, 1.165) is 0 Å². The number of hydrogen-bond donors (Lipinski definition) is 0. The van der Waals surface area contributed by atoms with Gasteiger partial charge in [0, 0.05) is 0 Å². The molecule has 2 rings (SSSR count). The summed E-state index contributed by atoms with van der Waals surface area (Å²) in [6, 6.07) is 0. The van der Waals surface area contributed by atoms with E-state index in [4.69, 9.17) is 14.2 Å². The maximum Gasteiger partial charge on any atom is 0.509 e. The topological polar surface area (TPSA) is 71.1 Å². The first kappa shape index (κ1) is 9.11. The van der Waals surface area contributed by atoms with Gasteiger partial charge in [0.15, 0.2) is 11.7 Å². The number of ether oxygens (including phenoxy) is 4. The van der Waals surface area contributed by atoms with Crippen LogP contribution in [0.3, 0.4) is 0 Å². The molecule has 2 aliphatic heterocycles. The van der Waals surface area contributed by atoms with E-state index in [2.05, 4.69) is 4.74 Å². The molecule has 0 aromatic carbocycles. The zero-order chi connectivity index (χ0) is 10.3. The minimum atomic E-state index is -0.942. The zero-order valence-corrected chi connectivity index (χ0v) is 7.81. The molecular weight excluding hydrogens is 192 g/mol. The smallest absolute Gasteiger partial charge is 0.430 e. The van der Waals surface area contributed by atoms with E-state index in [1.807, 2.05) is 0 Å². The number of rotatable bonds is 1. The van der Waals surface area contributed by atoms with Gasteiger partial charge in [-0.05, 0) is 13.8 Å². The van der Waals surface area contributed by atoms with Crippen molar-refractivity contribution >= 4 is 12.3 Å². The molecule has 0 saturated carbocycles. The van der Waals surface area contributed by atoms with Gasteiger partial charge in [-0.2, -0.15) is 0 Å². The van der Waals surface area contributed by atoms with Crippen LogP contribution in [0.25, 0.3) is 0 Å². The lowest BCUT2D eigenvalue weighted by atomic mass is 9.96. The Labute approximate surface area is 80.1 Å². The maximum atomic E-state index is 10.8. The predicted molar refractivity (Wildman–Crippen MR) is 41.7 cm³/mol. The summed E-state index contributed by atoms with van der Waals surface area (Å²) < 4.78 is 19.3. The molecule has 6 nitrogen and oxygen atoms in total. The van der Waals surface area contributed by atoms with Crippen LogP contribution in [-0.2, 0) is 18.9 Å². The van der Waals surface area contributed by atoms with Gasteiger partial charge in [0.05, 0.1) is 0 Å². The Morgan fingerprint density at radius 1 is 1.29 bits per heavy atom. The van der Waals surface area contributed by atoms with Crippen molar-refractivity contribution in [2.75, 3.05) is 6.61 Å². The van der Waals surface area contributed by atoms with Gasteiger partial charge < -0.3 is 18.9 Å². The molecule has 0 amide bonds. The summed E-state index contributed by atoms with van der Waals surface area (Å²) >= 11 is 0. The molecule has 0 aromatic rings. The largest absolute Gasteiger partial charge is 0.509 e. The molecule has 0 radical (unpaired) electrons. The molecule has 6 heteroatoms. The fraction of sp³-hybridized carbons (Fsp3) is 0.750. The lowest BCUT2D eigenvalue weighted by Crippen LogP contribution is -2.46. The van der Waals surface area contributed by atoms with Gasteiger partial charge in [0.25, 0.3) is 0 Å². The van der Waals surface area contributed by atoms with Gasteiger partial charge in [-0.3, -0.25) is 0 Å². The highest BCUT2D eigenvalue weighted by atomic mass is 16.8. The minimum absolute atomic E-state index is 0.0669. The van der Waals surface area contributed by atoms with Crippen molar-refractivity contribution in [3.8, 4) is 0 Å². The summed E-state index contributed by atoms with van der Waals surface area (Å²) in [5.41, 5.74) is -0.942. The highest BCUT2D eigenvalue weighted by Crippen LogP contribution is 2.32. The third-order valence-corrected chi connectivity index (χ3v) is 2.33. The second kappa shape index (κ2) is 2.76. The van der Waals surface area contributed by atoms with Gasteiger partial charge in [0.2, 0.25) is 0 Å². The maximum absolute atomic E-state index is 10.8. The summed E-state index contributed by atoms with van der Waals surface area (Å²) in [5.74, 6) is 0. The number of carbonyl (C=O) groups is 2. The van der Waals surface area contributed by atoms with E-state index in [1.54, 1.807) is 13.8 Å². The van der Waals surface area contributed by atoms with E-state index < -0.39 is 30.1 Å². The average molecular weight is 202 g/mol. The fourth-order valence-electron chi connectivity index (χ4n) is 1.65. The average Bonchev–Trinajstić information content (AvgIpc) is 2.57. The van der Waals surface area contributed by atoms with Crippen molar-refractivity contribution in [3.63, 3.8) is 0 Å². The third-order valence-electron chi connectivity index (χ3n) is 2.33. The van der Waals surface area contributed by atoms with E-state index in [9.17, 15) is 9.59 Å². The van der Waals surface area contributed by atoms with Crippen LogP contribution in [0.2, 0.25) is 0 Å². The molecule has 2 saturated heterocycles. The molecule has 14 heavy (non-hydrogen) atoms. The molecule has 2 fully saturated rings. The van der Waals surface area contributed by atoms with E-state index in [-0.39, 0.29) is 6.61 Å². The Hall–Kier alpha value is -1.46. The van der Waals surface area contributed by atoms with Crippen molar-refractivity contribution in [3.05, 3.63) is 0 Å². The zero-order valence-electron chi connectivity index (χ0n) is 7.81. The molecule has 0 bridgehead atoms. The number of carbonyl (C=O) groups excluding carboxylic acids is 2. The van der Waals surface area contributed by atoms with E-state index in [0.29, 0.717) is 0 Å². The first-order valence-corrected chi connectivity index (χ1v) is 4.24. The monoisotopic (exact) mass is 202 g/mol. The second-order valence-electron chi connectivity index (χ2n) is 3.56. The van der Waals surface area contributed by atoms with Crippen molar-refractivity contribution in [1.82, 2.24) is 0 Å². The van der Waals surface area contributed by atoms with Gasteiger partial charge in [0.1, 0.15) is 12.7 Å². The Morgan fingerprint density at radius 2 is 2.00 bits per heavy atom. The first-order chi connectivity index (χ1) is 6.51. The highest BCUT2D eigenvalue weighted by molar-refractivity contribution is 5.65. The van der Waals surface area contributed by atoms with Crippen LogP contribution < -0.4 is 0 Å². The van der Waals surface area contributed by atoms with Gasteiger partial charge >= 0.3 is 12.3 Å². The van der Waals surface area contributed by atoms with Crippen LogP contribution in [-0.4, -0.2) is 36.7 Å². The quantitative estimate of drug-likeness (QED) is 0.586. The van der Waals surface area contributed by atoms with Crippen LogP contribution in [0.1, 0.15) is 13.8 Å². The summed E-state index contributed by atoms with van der Waals surface area (Å²) in [5, 5.41) is 0. The Kier molecular flexibility index (Phi) is 1.80. The number of hydrogen-bond acceptors (Lipinski definition) is 6. The Bertz CT molecular complexity index is 288. The fourth-order valence-corrected chi connectivity index (χ4v) is 1.65. The normalized spacial score (nSPS) is 41.3. The van der Waals surface area contributed by atoms with Crippen LogP contribution in [0.4, 0.5) is 9.59 Å². The summed E-state index contributed by atoms with van der Waals surface area (Å²) in [7, 11) is 0. The van der Waals surface area contributed by atoms with Gasteiger partial charge in [-0.15, -0.1) is 0 Å². The van der Waals surface area contributed by atoms with Crippen molar-refractivity contribution in [2.24, 2.45) is 0 Å². The molecule has 0 aromatic heterocycles. The summed E-state index contributed by atoms with van der Waals surface area (Å²) in [4.78, 5) is 21.6. The standard InChI is InChI=1S/C8H10O6/c1-4-5(13-7(10)12-4)8(2)3-11-6(9)14-8/h4-5H,3H2,1-2H3. The molecular formula is C8H10O6. The van der Waals surface area contributed by atoms with Crippen LogP contribution in [0, 0.1) is 0 Å². The van der Waals surface area contributed by atoms with Crippen molar-refractivity contribution < 1.29 is 28.5 Å². The second-order valence-corrected chi connectivity index (χ2v) is 3.56. The van der Waals surface area contributed by atoms with E-state index in [1.165, 1.54) is 0 Å². The Balaban J connectivity index is 2.14. The summed E-state index contributed by atoms with van der Waals surface area (Å²) in [6.45, 7) is 3.38. The molecule has 0 N–H and O–H groups in total. The van der Waals surface area contributed by atoms with Crippen LogP contribution >= 0.6 is 0 Å². The van der Waals surface area contributed by atoms with Crippen molar-refractivity contribution in [2.45, 2.75) is 31.7 Å². The van der Waals surface area contributed by atoms with Gasteiger partial charge in [-0.1, -0.05) is 0 Å². The summed E-state index contributed by atoms with van der Waals surface area (Å²) in [6.07, 6.45) is -2.54. The molecule has 0 spiro atoms. The first-order valence-electron chi connectivity index (χ1n) is 4.24. The number of cyclic esters (lactones) is 4. The molecule has 0 aliphatic carbocycles. The highest BCUT2D eigenvalue weighted by Gasteiger charge is 2.53. The van der Waals surface area contributed by atoms with E-state index >= 15 is 0 Å². The third kappa shape index (κ3) is 1.26.